The smallest absolute Gasteiger partial charge is 0.268 e. The SMILES string of the molecule is CSc1ccc(-c2cc3nc[nH]c(=O)c3s2)cc1. The number of thiophene rings is 1. The normalized spacial score (nSPS) is 10.9. The Morgan fingerprint density at radius 1 is 1.28 bits per heavy atom. The third kappa shape index (κ3) is 1.95. The molecule has 0 spiro atoms. The second kappa shape index (κ2) is 4.59. The molecule has 2 aromatic heterocycles. The van der Waals surface area contributed by atoms with Crippen molar-refractivity contribution in [3.05, 3.63) is 47.0 Å². The van der Waals surface area contributed by atoms with Crippen LogP contribution in [0.5, 0.6) is 0 Å². The summed E-state index contributed by atoms with van der Waals surface area (Å²) in [4.78, 5) is 20.7. The van der Waals surface area contributed by atoms with Crippen molar-refractivity contribution in [2.45, 2.75) is 4.90 Å². The predicted octanol–water partition coefficient (Wildman–Crippen LogP) is 3.37. The van der Waals surface area contributed by atoms with Crippen LogP contribution < -0.4 is 5.56 Å². The molecular weight excluding hydrogens is 264 g/mol. The van der Waals surface area contributed by atoms with Gasteiger partial charge in [0, 0.05) is 9.77 Å². The molecule has 0 saturated carbocycles. The van der Waals surface area contributed by atoms with Gasteiger partial charge in [0.25, 0.3) is 5.56 Å². The van der Waals surface area contributed by atoms with E-state index < -0.39 is 0 Å². The molecule has 0 radical (unpaired) electrons. The molecule has 0 bridgehead atoms. The van der Waals surface area contributed by atoms with E-state index in [1.54, 1.807) is 11.8 Å². The largest absolute Gasteiger partial charge is 0.312 e. The summed E-state index contributed by atoms with van der Waals surface area (Å²) >= 11 is 3.19. The minimum atomic E-state index is -0.0722. The molecule has 0 aliphatic carbocycles. The highest BCUT2D eigenvalue weighted by atomic mass is 32.2. The average molecular weight is 274 g/mol. The Labute approximate surface area is 112 Å². The van der Waals surface area contributed by atoms with Gasteiger partial charge in [-0.3, -0.25) is 4.79 Å². The van der Waals surface area contributed by atoms with Gasteiger partial charge in [0.05, 0.1) is 11.8 Å². The zero-order chi connectivity index (χ0) is 12.5. The minimum Gasteiger partial charge on any atom is -0.312 e. The van der Waals surface area contributed by atoms with Gasteiger partial charge in [0.2, 0.25) is 0 Å². The van der Waals surface area contributed by atoms with Gasteiger partial charge in [-0.05, 0) is 30.0 Å². The number of rotatable bonds is 2. The Morgan fingerprint density at radius 2 is 2.06 bits per heavy atom. The molecule has 2 heterocycles. The highest BCUT2D eigenvalue weighted by Crippen LogP contribution is 2.31. The number of nitrogens with zero attached hydrogens (tertiary/aromatic N) is 1. The van der Waals surface area contributed by atoms with Gasteiger partial charge in [-0.25, -0.2) is 4.98 Å². The number of fused-ring (bicyclic) bond motifs is 1. The molecule has 90 valence electrons. The van der Waals surface area contributed by atoms with Gasteiger partial charge >= 0.3 is 0 Å². The molecule has 1 N–H and O–H groups in total. The summed E-state index contributed by atoms with van der Waals surface area (Å²) < 4.78 is 0.682. The average Bonchev–Trinajstić information content (AvgIpc) is 2.84. The minimum absolute atomic E-state index is 0.0722. The number of H-pyrrole nitrogens is 1. The van der Waals surface area contributed by atoms with E-state index in [0.717, 1.165) is 16.0 Å². The van der Waals surface area contributed by atoms with E-state index in [2.05, 4.69) is 40.5 Å². The van der Waals surface area contributed by atoms with Crippen molar-refractivity contribution < 1.29 is 0 Å². The van der Waals surface area contributed by atoms with Crippen molar-refractivity contribution >= 4 is 33.3 Å². The number of hydrogen-bond acceptors (Lipinski definition) is 4. The van der Waals surface area contributed by atoms with Crippen LogP contribution in [0.25, 0.3) is 20.7 Å². The van der Waals surface area contributed by atoms with Crippen molar-refractivity contribution in [1.82, 2.24) is 9.97 Å². The van der Waals surface area contributed by atoms with E-state index in [9.17, 15) is 4.79 Å². The zero-order valence-corrected chi connectivity index (χ0v) is 11.3. The van der Waals surface area contributed by atoms with Gasteiger partial charge in [0.1, 0.15) is 4.70 Å². The highest BCUT2D eigenvalue weighted by Gasteiger charge is 2.07. The maximum absolute atomic E-state index is 11.6. The molecule has 0 amide bonds. The first-order valence-electron chi connectivity index (χ1n) is 5.39. The van der Waals surface area contributed by atoms with Crippen molar-refractivity contribution in [2.75, 3.05) is 6.26 Å². The van der Waals surface area contributed by atoms with Crippen LogP contribution in [0.15, 0.2) is 46.3 Å². The maximum Gasteiger partial charge on any atom is 0.268 e. The molecule has 3 aromatic rings. The molecule has 3 rings (SSSR count). The molecule has 0 atom stereocenters. The fourth-order valence-electron chi connectivity index (χ4n) is 1.76. The zero-order valence-electron chi connectivity index (χ0n) is 9.64. The lowest BCUT2D eigenvalue weighted by Crippen LogP contribution is -2.02. The van der Waals surface area contributed by atoms with Crippen molar-refractivity contribution in [3.63, 3.8) is 0 Å². The number of hydrogen-bond donors (Lipinski definition) is 1. The van der Waals surface area contributed by atoms with Crippen molar-refractivity contribution in [1.29, 1.82) is 0 Å². The lowest BCUT2D eigenvalue weighted by molar-refractivity contribution is 1.18. The molecule has 0 unspecified atom stereocenters. The summed E-state index contributed by atoms with van der Waals surface area (Å²) in [5, 5.41) is 0. The summed E-state index contributed by atoms with van der Waals surface area (Å²) in [6.07, 6.45) is 3.50. The first kappa shape index (κ1) is 11.5. The van der Waals surface area contributed by atoms with Gasteiger partial charge in [-0.15, -0.1) is 23.1 Å². The number of aromatic amines is 1. The fourth-order valence-corrected chi connectivity index (χ4v) is 3.18. The number of aromatic nitrogens is 2. The van der Waals surface area contributed by atoms with Gasteiger partial charge in [0.15, 0.2) is 0 Å². The van der Waals surface area contributed by atoms with Crippen LogP contribution in [0.4, 0.5) is 0 Å². The van der Waals surface area contributed by atoms with Gasteiger partial charge < -0.3 is 4.98 Å². The molecular formula is C13H10N2OS2. The molecule has 0 aliphatic rings. The monoisotopic (exact) mass is 274 g/mol. The van der Waals surface area contributed by atoms with Crippen molar-refractivity contribution in [3.8, 4) is 10.4 Å². The fraction of sp³-hybridized carbons (Fsp3) is 0.0769. The Morgan fingerprint density at radius 3 is 2.72 bits per heavy atom. The van der Waals surface area contributed by atoms with E-state index in [1.165, 1.54) is 22.6 Å². The van der Waals surface area contributed by atoms with E-state index in [1.807, 2.05) is 6.07 Å². The first-order valence-corrected chi connectivity index (χ1v) is 7.44. The van der Waals surface area contributed by atoms with Crippen LogP contribution in [-0.4, -0.2) is 16.2 Å². The lowest BCUT2D eigenvalue weighted by atomic mass is 10.2. The van der Waals surface area contributed by atoms with Crippen LogP contribution in [0.1, 0.15) is 0 Å². The maximum atomic E-state index is 11.6. The molecule has 0 aliphatic heterocycles. The van der Waals surface area contributed by atoms with Crippen molar-refractivity contribution in [2.24, 2.45) is 0 Å². The Kier molecular flexibility index (Phi) is 2.93. The molecule has 18 heavy (non-hydrogen) atoms. The molecule has 0 fully saturated rings. The standard InChI is InChI=1S/C13H10N2OS2/c1-17-9-4-2-8(3-5-9)11-6-10-12(18-11)13(16)15-7-14-10/h2-7H,1H3,(H,14,15,16). The number of thioether (sulfide) groups is 1. The van der Waals surface area contributed by atoms with E-state index in [-0.39, 0.29) is 5.56 Å². The van der Waals surface area contributed by atoms with Crippen LogP contribution in [-0.2, 0) is 0 Å². The summed E-state index contributed by atoms with van der Waals surface area (Å²) in [5.41, 5.74) is 1.81. The van der Waals surface area contributed by atoms with E-state index >= 15 is 0 Å². The Balaban J connectivity index is 2.13. The highest BCUT2D eigenvalue weighted by molar-refractivity contribution is 7.98. The van der Waals surface area contributed by atoms with Gasteiger partial charge in [-0.2, -0.15) is 0 Å². The second-order valence-corrected chi connectivity index (χ2v) is 5.72. The number of benzene rings is 1. The summed E-state index contributed by atoms with van der Waals surface area (Å²) in [5.74, 6) is 0. The summed E-state index contributed by atoms with van der Waals surface area (Å²) in [7, 11) is 0. The summed E-state index contributed by atoms with van der Waals surface area (Å²) in [6.45, 7) is 0. The predicted molar refractivity (Wildman–Crippen MR) is 77.5 cm³/mol. The topological polar surface area (TPSA) is 45.8 Å². The molecule has 0 saturated heterocycles. The van der Waals surface area contributed by atoms with E-state index in [0.29, 0.717) is 4.70 Å². The molecule has 3 nitrogen and oxygen atoms in total. The first-order chi connectivity index (χ1) is 8.78. The summed E-state index contributed by atoms with van der Waals surface area (Å²) in [6, 6.07) is 10.3. The molecule has 5 heteroatoms. The number of nitrogens with one attached hydrogen (secondary N) is 1. The van der Waals surface area contributed by atoms with Crippen LogP contribution in [0.3, 0.4) is 0 Å². The third-order valence-electron chi connectivity index (χ3n) is 2.69. The lowest BCUT2D eigenvalue weighted by Gasteiger charge is -1.98. The van der Waals surface area contributed by atoms with E-state index in [4.69, 9.17) is 0 Å². The Hall–Kier alpha value is -1.59. The van der Waals surface area contributed by atoms with Gasteiger partial charge in [-0.1, -0.05) is 12.1 Å². The quantitative estimate of drug-likeness (QED) is 0.729. The van der Waals surface area contributed by atoms with Crippen LogP contribution in [0, 0.1) is 0 Å². The van der Waals surface area contributed by atoms with Crippen LogP contribution >= 0.6 is 23.1 Å². The third-order valence-corrected chi connectivity index (χ3v) is 4.61. The van der Waals surface area contributed by atoms with Crippen LogP contribution in [0.2, 0.25) is 0 Å². The second-order valence-electron chi connectivity index (χ2n) is 3.79. The molecule has 1 aromatic carbocycles. The Bertz CT molecular complexity index is 744.